The number of aryl methyl sites for hydroxylation is 1. The summed E-state index contributed by atoms with van der Waals surface area (Å²) in [6, 6.07) is 8.65. The van der Waals surface area contributed by atoms with Crippen LogP contribution in [0.25, 0.3) is 11.4 Å². The molecule has 1 aromatic carbocycles. The van der Waals surface area contributed by atoms with Gasteiger partial charge >= 0.3 is 0 Å². The summed E-state index contributed by atoms with van der Waals surface area (Å²) in [6.45, 7) is 5.29. The number of hydrogen-bond donors (Lipinski definition) is 1. The second-order valence-electron chi connectivity index (χ2n) is 5.35. The molecule has 19 heavy (non-hydrogen) atoms. The minimum atomic E-state index is 0.390. The Morgan fingerprint density at radius 3 is 2.95 bits per heavy atom. The molecule has 0 saturated carbocycles. The molecule has 0 radical (unpaired) electrons. The summed E-state index contributed by atoms with van der Waals surface area (Å²) in [7, 11) is 0. The molecular formula is C15H19N3O. The number of rotatable bonds is 2. The molecule has 1 aliphatic rings. The first-order valence-electron chi connectivity index (χ1n) is 6.87. The van der Waals surface area contributed by atoms with Crippen molar-refractivity contribution in [3.63, 3.8) is 0 Å². The van der Waals surface area contributed by atoms with Gasteiger partial charge in [-0.25, -0.2) is 0 Å². The average Bonchev–Trinajstić information content (AvgIpc) is 2.89. The molecule has 1 saturated heterocycles. The Labute approximate surface area is 113 Å². The third kappa shape index (κ3) is 2.54. The maximum Gasteiger partial charge on any atom is 0.230 e. The first kappa shape index (κ1) is 12.4. The molecule has 2 aromatic rings. The zero-order valence-electron chi connectivity index (χ0n) is 11.4. The van der Waals surface area contributed by atoms with Crippen molar-refractivity contribution in [1.29, 1.82) is 0 Å². The van der Waals surface area contributed by atoms with E-state index >= 15 is 0 Å². The standard InChI is InChI=1S/C15H19N3O/c1-10-5-3-4-6-13(10)14-17-15(19-18-14)12-7-8-16-11(2)9-12/h3-6,11-12,16H,7-9H2,1-2H3. The van der Waals surface area contributed by atoms with Gasteiger partial charge in [-0.15, -0.1) is 0 Å². The molecule has 3 rings (SSSR count). The van der Waals surface area contributed by atoms with E-state index in [1.807, 2.05) is 18.2 Å². The second kappa shape index (κ2) is 5.13. The van der Waals surface area contributed by atoms with Gasteiger partial charge < -0.3 is 9.84 Å². The number of nitrogens with zero attached hydrogens (tertiary/aromatic N) is 2. The fourth-order valence-electron chi connectivity index (χ4n) is 2.69. The molecule has 1 fully saturated rings. The minimum absolute atomic E-state index is 0.390. The summed E-state index contributed by atoms with van der Waals surface area (Å²) in [4.78, 5) is 4.59. The number of aromatic nitrogens is 2. The Morgan fingerprint density at radius 1 is 1.32 bits per heavy atom. The van der Waals surface area contributed by atoms with Crippen LogP contribution in [0.1, 0.15) is 37.1 Å². The van der Waals surface area contributed by atoms with E-state index in [0.29, 0.717) is 17.8 Å². The molecule has 2 unspecified atom stereocenters. The van der Waals surface area contributed by atoms with Gasteiger partial charge in [0.05, 0.1) is 0 Å². The zero-order valence-corrected chi connectivity index (χ0v) is 11.4. The predicted octanol–water partition coefficient (Wildman–Crippen LogP) is 2.90. The van der Waals surface area contributed by atoms with E-state index in [0.717, 1.165) is 30.8 Å². The zero-order chi connectivity index (χ0) is 13.2. The lowest BCUT2D eigenvalue weighted by Gasteiger charge is -2.25. The summed E-state index contributed by atoms with van der Waals surface area (Å²) >= 11 is 0. The van der Waals surface area contributed by atoms with E-state index in [9.17, 15) is 0 Å². The number of benzene rings is 1. The van der Waals surface area contributed by atoms with Crippen LogP contribution in [0.2, 0.25) is 0 Å². The Bertz CT molecular complexity index is 564. The highest BCUT2D eigenvalue weighted by Gasteiger charge is 2.25. The van der Waals surface area contributed by atoms with Gasteiger partial charge in [-0.2, -0.15) is 4.98 Å². The molecule has 0 aliphatic carbocycles. The molecule has 2 heterocycles. The quantitative estimate of drug-likeness (QED) is 0.898. The van der Waals surface area contributed by atoms with E-state index in [4.69, 9.17) is 4.52 Å². The monoisotopic (exact) mass is 257 g/mol. The van der Waals surface area contributed by atoms with Crippen LogP contribution in [0.3, 0.4) is 0 Å². The van der Waals surface area contributed by atoms with Crippen LogP contribution < -0.4 is 5.32 Å². The van der Waals surface area contributed by atoms with Crippen molar-refractivity contribution in [2.24, 2.45) is 0 Å². The minimum Gasteiger partial charge on any atom is -0.339 e. The second-order valence-corrected chi connectivity index (χ2v) is 5.35. The molecule has 0 bridgehead atoms. The normalized spacial score (nSPS) is 23.5. The van der Waals surface area contributed by atoms with Crippen molar-refractivity contribution in [3.8, 4) is 11.4 Å². The summed E-state index contributed by atoms with van der Waals surface area (Å²) < 4.78 is 5.47. The molecule has 2 atom stereocenters. The molecule has 1 N–H and O–H groups in total. The van der Waals surface area contributed by atoms with Crippen molar-refractivity contribution in [2.45, 2.75) is 38.6 Å². The van der Waals surface area contributed by atoms with Crippen molar-refractivity contribution in [1.82, 2.24) is 15.5 Å². The highest BCUT2D eigenvalue weighted by molar-refractivity contribution is 5.58. The van der Waals surface area contributed by atoms with Gasteiger partial charge in [-0.1, -0.05) is 29.4 Å². The molecular weight excluding hydrogens is 238 g/mol. The summed E-state index contributed by atoms with van der Waals surface area (Å²) in [5.41, 5.74) is 2.23. The largest absolute Gasteiger partial charge is 0.339 e. The van der Waals surface area contributed by atoms with Crippen LogP contribution in [-0.4, -0.2) is 22.7 Å². The molecule has 4 nitrogen and oxygen atoms in total. The number of piperidine rings is 1. The van der Waals surface area contributed by atoms with Gasteiger partial charge in [0.1, 0.15) is 0 Å². The van der Waals surface area contributed by atoms with Gasteiger partial charge in [0, 0.05) is 17.5 Å². The van der Waals surface area contributed by atoms with Gasteiger partial charge in [0.25, 0.3) is 0 Å². The van der Waals surface area contributed by atoms with Crippen molar-refractivity contribution < 1.29 is 4.52 Å². The maximum absolute atomic E-state index is 5.47. The molecule has 4 heteroatoms. The van der Waals surface area contributed by atoms with Crippen molar-refractivity contribution >= 4 is 0 Å². The smallest absolute Gasteiger partial charge is 0.230 e. The number of nitrogens with one attached hydrogen (secondary N) is 1. The highest BCUT2D eigenvalue weighted by Crippen LogP contribution is 2.28. The predicted molar refractivity (Wildman–Crippen MR) is 73.9 cm³/mol. The summed E-state index contributed by atoms with van der Waals surface area (Å²) in [5.74, 6) is 1.88. The van der Waals surface area contributed by atoms with Crippen molar-refractivity contribution in [3.05, 3.63) is 35.7 Å². The summed E-state index contributed by atoms with van der Waals surface area (Å²) in [5, 5.41) is 7.58. The highest BCUT2D eigenvalue weighted by atomic mass is 16.5. The Morgan fingerprint density at radius 2 is 2.16 bits per heavy atom. The van der Waals surface area contributed by atoms with Crippen LogP contribution in [-0.2, 0) is 0 Å². The third-order valence-electron chi connectivity index (χ3n) is 3.80. The number of hydrogen-bond acceptors (Lipinski definition) is 4. The molecule has 0 spiro atoms. The Balaban J connectivity index is 1.85. The van der Waals surface area contributed by atoms with E-state index in [-0.39, 0.29) is 0 Å². The molecule has 0 amide bonds. The lowest BCUT2D eigenvalue weighted by Crippen LogP contribution is -2.34. The van der Waals surface area contributed by atoms with E-state index in [1.54, 1.807) is 0 Å². The average molecular weight is 257 g/mol. The molecule has 1 aliphatic heterocycles. The van der Waals surface area contributed by atoms with Crippen LogP contribution in [0, 0.1) is 6.92 Å². The lowest BCUT2D eigenvalue weighted by atomic mass is 9.93. The van der Waals surface area contributed by atoms with Crippen LogP contribution in [0.4, 0.5) is 0 Å². The maximum atomic E-state index is 5.47. The SMILES string of the molecule is Cc1ccccc1-c1noc(C2CCNC(C)C2)n1. The fourth-order valence-corrected chi connectivity index (χ4v) is 2.69. The van der Waals surface area contributed by atoms with Gasteiger partial charge in [-0.3, -0.25) is 0 Å². The first-order valence-corrected chi connectivity index (χ1v) is 6.87. The van der Waals surface area contributed by atoms with E-state index in [1.165, 1.54) is 5.56 Å². The van der Waals surface area contributed by atoms with E-state index < -0.39 is 0 Å². The lowest BCUT2D eigenvalue weighted by molar-refractivity contribution is 0.295. The fraction of sp³-hybridized carbons (Fsp3) is 0.467. The third-order valence-corrected chi connectivity index (χ3v) is 3.80. The molecule has 100 valence electrons. The topological polar surface area (TPSA) is 51.0 Å². The van der Waals surface area contributed by atoms with Gasteiger partial charge in [-0.05, 0) is 38.8 Å². The van der Waals surface area contributed by atoms with Crippen LogP contribution in [0.5, 0.6) is 0 Å². The van der Waals surface area contributed by atoms with Crippen molar-refractivity contribution in [2.75, 3.05) is 6.54 Å². The first-order chi connectivity index (χ1) is 9.24. The van der Waals surface area contributed by atoms with Crippen LogP contribution >= 0.6 is 0 Å². The van der Waals surface area contributed by atoms with Crippen LogP contribution in [0.15, 0.2) is 28.8 Å². The van der Waals surface area contributed by atoms with Gasteiger partial charge in [0.2, 0.25) is 11.7 Å². The Hall–Kier alpha value is -1.68. The Kier molecular flexibility index (Phi) is 3.34. The van der Waals surface area contributed by atoms with E-state index in [2.05, 4.69) is 35.4 Å². The molecule has 1 aromatic heterocycles. The van der Waals surface area contributed by atoms with Gasteiger partial charge in [0.15, 0.2) is 0 Å². The summed E-state index contributed by atoms with van der Waals surface area (Å²) in [6.07, 6.45) is 2.13.